The molecule has 0 unspecified atom stereocenters. The third kappa shape index (κ3) is 2.26. The van der Waals surface area contributed by atoms with E-state index in [2.05, 4.69) is 15.3 Å². The van der Waals surface area contributed by atoms with Crippen LogP contribution >= 0.6 is 11.3 Å². The van der Waals surface area contributed by atoms with Crippen LogP contribution in [0.2, 0.25) is 0 Å². The Labute approximate surface area is 108 Å². The Morgan fingerprint density at radius 1 is 1.44 bits per heavy atom. The molecule has 7 heteroatoms. The minimum atomic E-state index is -1.04. The van der Waals surface area contributed by atoms with Crippen molar-refractivity contribution in [3.05, 3.63) is 27.0 Å². The fourth-order valence-corrected chi connectivity index (χ4v) is 2.63. The van der Waals surface area contributed by atoms with Gasteiger partial charge >= 0.3 is 5.97 Å². The maximum absolute atomic E-state index is 11.0. The lowest BCUT2D eigenvalue weighted by molar-refractivity contribution is 0.0689. The number of thiazole rings is 1. The molecule has 0 aliphatic rings. The molecule has 2 aromatic rings. The van der Waals surface area contributed by atoms with Gasteiger partial charge in [-0.15, -0.1) is 16.4 Å². The van der Waals surface area contributed by atoms with Crippen molar-refractivity contribution in [1.29, 1.82) is 0 Å². The summed E-state index contributed by atoms with van der Waals surface area (Å²) in [5.41, 5.74) is 1.67. The largest absolute Gasteiger partial charge is 0.476 e. The topological polar surface area (TPSA) is 80.9 Å². The van der Waals surface area contributed by atoms with Crippen molar-refractivity contribution in [2.75, 3.05) is 0 Å². The quantitative estimate of drug-likeness (QED) is 0.910. The van der Waals surface area contributed by atoms with Crippen molar-refractivity contribution >= 4 is 17.3 Å². The summed E-state index contributed by atoms with van der Waals surface area (Å²) in [7, 11) is 0. The highest BCUT2D eigenvalue weighted by Crippen LogP contribution is 2.18. The molecule has 0 atom stereocenters. The summed E-state index contributed by atoms with van der Waals surface area (Å²) in [6, 6.07) is 0. The van der Waals surface area contributed by atoms with Gasteiger partial charge in [-0.05, 0) is 20.3 Å². The molecule has 2 rings (SSSR count). The van der Waals surface area contributed by atoms with Gasteiger partial charge in [0.1, 0.15) is 5.01 Å². The van der Waals surface area contributed by atoms with Gasteiger partial charge in [0.25, 0.3) is 0 Å². The van der Waals surface area contributed by atoms with Gasteiger partial charge < -0.3 is 5.11 Å². The van der Waals surface area contributed by atoms with Crippen molar-refractivity contribution in [3.63, 3.8) is 0 Å². The summed E-state index contributed by atoms with van der Waals surface area (Å²) < 4.78 is 1.61. The maximum Gasteiger partial charge on any atom is 0.358 e. The van der Waals surface area contributed by atoms with E-state index in [0.717, 1.165) is 10.7 Å². The lowest BCUT2D eigenvalue weighted by Gasteiger charge is -2.02. The van der Waals surface area contributed by atoms with Crippen molar-refractivity contribution in [2.45, 2.75) is 33.7 Å². The molecular formula is C11H14N4O2S. The van der Waals surface area contributed by atoms with E-state index >= 15 is 0 Å². The van der Waals surface area contributed by atoms with E-state index in [9.17, 15) is 4.79 Å². The average Bonchev–Trinajstić information content (AvgIpc) is 2.84. The highest BCUT2D eigenvalue weighted by Gasteiger charge is 2.18. The van der Waals surface area contributed by atoms with Gasteiger partial charge in [0.15, 0.2) is 5.69 Å². The van der Waals surface area contributed by atoms with Gasteiger partial charge in [-0.1, -0.05) is 12.1 Å². The maximum atomic E-state index is 11.0. The van der Waals surface area contributed by atoms with E-state index in [1.165, 1.54) is 4.88 Å². The van der Waals surface area contributed by atoms with Crippen LogP contribution in [0.3, 0.4) is 0 Å². The van der Waals surface area contributed by atoms with Gasteiger partial charge in [0.2, 0.25) is 0 Å². The second-order valence-electron chi connectivity index (χ2n) is 3.95. The van der Waals surface area contributed by atoms with Crippen molar-refractivity contribution in [2.24, 2.45) is 0 Å². The summed E-state index contributed by atoms with van der Waals surface area (Å²) in [6.07, 6.45) is 0.581. The summed E-state index contributed by atoms with van der Waals surface area (Å²) >= 11 is 1.60. The van der Waals surface area contributed by atoms with E-state index in [1.54, 1.807) is 16.0 Å². The molecule has 0 aliphatic carbocycles. The van der Waals surface area contributed by atoms with Gasteiger partial charge in [0.05, 0.1) is 17.9 Å². The van der Waals surface area contributed by atoms with Crippen LogP contribution in [0.4, 0.5) is 0 Å². The highest BCUT2D eigenvalue weighted by molar-refractivity contribution is 7.11. The minimum absolute atomic E-state index is 0.0301. The number of hydrogen-bond acceptors (Lipinski definition) is 5. The molecule has 2 aromatic heterocycles. The molecule has 96 valence electrons. The van der Waals surface area contributed by atoms with Crippen molar-refractivity contribution < 1.29 is 9.90 Å². The third-order valence-electron chi connectivity index (χ3n) is 2.73. The second kappa shape index (κ2) is 4.85. The molecule has 1 N–H and O–H groups in total. The van der Waals surface area contributed by atoms with Crippen LogP contribution in [-0.2, 0) is 13.0 Å². The number of rotatable bonds is 4. The predicted octanol–water partition coefficient (Wildman–Crippen LogP) is 1.66. The first-order chi connectivity index (χ1) is 8.52. The number of carboxylic acids is 1. The Morgan fingerprint density at radius 2 is 2.17 bits per heavy atom. The van der Waals surface area contributed by atoms with Crippen LogP contribution in [-0.4, -0.2) is 31.1 Å². The number of aromatic nitrogens is 4. The van der Waals surface area contributed by atoms with E-state index in [0.29, 0.717) is 18.7 Å². The van der Waals surface area contributed by atoms with E-state index in [4.69, 9.17) is 5.11 Å². The monoisotopic (exact) mass is 266 g/mol. The molecule has 2 heterocycles. The first-order valence-corrected chi connectivity index (χ1v) is 6.43. The number of aryl methyl sites for hydroxylation is 2. The Balaban J connectivity index is 2.31. The van der Waals surface area contributed by atoms with Crippen molar-refractivity contribution in [1.82, 2.24) is 20.0 Å². The summed E-state index contributed by atoms with van der Waals surface area (Å²) in [4.78, 5) is 16.6. The summed E-state index contributed by atoms with van der Waals surface area (Å²) in [5.74, 6) is -1.04. The van der Waals surface area contributed by atoms with E-state index in [1.807, 2.05) is 20.8 Å². The predicted molar refractivity (Wildman–Crippen MR) is 67.0 cm³/mol. The van der Waals surface area contributed by atoms with Crippen LogP contribution < -0.4 is 0 Å². The molecule has 0 saturated heterocycles. The zero-order valence-electron chi connectivity index (χ0n) is 10.5. The lowest BCUT2D eigenvalue weighted by Crippen LogP contribution is -2.08. The van der Waals surface area contributed by atoms with E-state index in [-0.39, 0.29) is 5.69 Å². The molecule has 18 heavy (non-hydrogen) atoms. The van der Waals surface area contributed by atoms with Crippen molar-refractivity contribution in [3.8, 4) is 0 Å². The number of nitrogens with zero attached hydrogens (tertiary/aromatic N) is 4. The Bertz CT molecular complexity index is 568. The molecule has 0 aliphatic heterocycles. The molecular weight excluding hydrogens is 252 g/mol. The number of aromatic carboxylic acids is 1. The first-order valence-electron chi connectivity index (χ1n) is 5.61. The first kappa shape index (κ1) is 12.7. The fraction of sp³-hybridized carbons (Fsp3) is 0.455. The molecule has 0 spiro atoms. The van der Waals surface area contributed by atoms with Crippen LogP contribution in [0.25, 0.3) is 0 Å². The molecule has 0 radical (unpaired) electrons. The lowest BCUT2D eigenvalue weighted by atomic mass is 10.2. The van der Waals surface area contributed by atoms with Gasteiger partial charge in [-0.2, -0.15) is 0 Å². The zero-order chi connectivity index (χ0) is 13.3. The third-order valence-corrected chi connectivity index (χ3v) is 3.79. The normalized spacial score (nSPS) is 10.8. The van der Waals surface area contributed by atoms with Crippen LogP contribution in [0.5, 0.6) is 0 Å². The minimum Gasteiger partial charge on any atom is -0.476 e. The Morgan fingerprint density at radius 3 is 2.67 bits per heavy atom. The fourth-order valence-electron chi connectivity index (χ4n) is 1.71. The SMILES string of the molecule is CCc1c(C(=O)O)nnn1Cc1nc(C)c(C)s1. The molecule has 0 saturated carbocycles. The van der Waals surface area contributed by atoms with Gasteiger partial charge in [0, 0.05) is 4.88 Å². The van der Waals surface area contributed by atoms with Crippen LogP contribution in [0.15, 0.2) is 0 Å². The van der Waals surface area contributed by atoms with Gasteiger partial charge in [-0.3, -0.25) is 0 Å². The zero-order valence-corrected chi connectivity index (χ0v) is 11.3. The summed E-state index contributed by atoms with van der Waals surface area (Å²) in [5, 5.41) is 17.5. The molecule has 0 bridgehead atoms. The number of hydrogen-bond donors (Lipinski definition) is 1. The average molecular weight is 266 g/mol. The standard InChI is InChI=1S/C11H14N4O2S/c1-4-8-10(11(16)17)13-14-15(8)5-9-12-6(2)7(3)18-9/h4-5H2,1-3H3,(H,16,17). The molecule has 0 aromatic carbocycles. The molecule has 0 fully saturated rings. The summed E-state index contributed by atoms with van der Waals surface area (Å²) in [6.45, 7) is 6.34. The molecule has 6 nitrogen and oxygen atoms in total. The molecule has 0 amide bonds. The van der Waals surface area contributed by atoms with Crippen LogP contribution in [0.1, 0.15) is 38.7 Å². The van der Waals surface area contributed by atoms with E-state index < -0.39 is 5.97 Å². The Hall–Kier alpha value is -1.76. The smallest absolute Gasteiger partial charge is 0.358 e. The number of carboxylic acid groups (broad SMARTS) is 1. The Kier molecular flexibility index (Phi) is 3.42. The van der Waals surface area contributed by atoms with Gasteiger partial charge in [-0.25, -0.2) is 14.5 Å². The van der Waals surface area contributed by atoms with Crippen LogP contribution in [0, 0.1) is 13.8 Å². The highest BCUT2D eigenvalue weighted by atomic mass is 32.1. The second-order valence-corrected chi connectivity index (χ2v) is 5.24. The number of carbonyl (C=O) groups is 1.